The molecule has 1 aromatic carbocycles. The highest BCUT2D eigenvalue weighted by Gasteiger charge is 2.30. The zero-order valence-electron chi connectivity index (χ0n) is 14.4. The van der Waals surface area contributed by atoms with Crippen molar-refractivity contribution >= 4 is 11.9 Å². The van der Waals surface area contributed by atoms with Gasteiger partial charge in [-0.25, -0.2) is 0 Å². The summed E-state index contributed by atoms with van der Waals surface area (Å²) in [5.41, 5.74) is 3.38. The van der Waals surface area contributed by atoms with Gasteiger partial charge in [0.25, 0.3) is 5.91 Å². The molecule has 1 unspecified atom stereocenters. The fourth-order valence-electron chi connectivity index (χ4n) is 3.34. The Morgan fingerprint density at radius 3 is 2.62 bits per heavy atom. The minimum Gasteiger partial charge on any atom is -0.480 e. The van der Waals surface area contributed by atoms with E-state index in [1.54, 1.807) is 0 Å². The highest BCUT2D eigenvalue weighted by Crippen LogP contribution is 2.31. The second-order valence-corrected chi connectivity index (χ2v) is 6.82. The maximum atomic E-state index is 12.2. The highest BCUT2D eigenvalue weighted by atomic mass is 16.5. The fraction of sp³-hybridized carbons (Fsp3) is 0.579. The second-order valence-electron chi connectivity index (χ2n) is 6.82. The zero-order chi connectivity index (χ0) is 17.1. The number of amides is 1. The lowest BCUT2D eigenvalue weighted by molar-refractivity contribution is -0.150. The number of nitrogens with one attached hydrogen (secondary N) is 1. The molecule has 1 saturated carbocycles. The first-order valence-corrected chi connectivity index (χ1v) is 8.77. The summed E-state index contributed by atoms with van der Waals surface area (Å²) in [4.78, 5) is 24.1. The van der Waals surface area contributed by atoms with Gasteiger partial charge in [0.2, 0.25) is 0 Å². The minimum absolute atomic E-state index is 0.0149. The van der Waals surface area contributed by atoms with E-state index >= 15 is 0 Å². The first kappa shape index (κ1) is 16.8. The van der Waals surface area contributed by atoms with Crippen LogP contribution < -0.4 is 10.1 Å². The first-order valence-electron chi connectivity index (χ1n) is 8.77. The maximum Gasteiger partial charge on any atom is 0.325 e. The Morgan fingerprint density at radius 2 is 1.88 bits per heavy atom. The summed E-state index contributed by atoms with van der Waals surface area (Å²) < 4.78 is 11.1. The Kier molecular flexibility index (Phi) is 5.07. The number of rotatable bonds is 4. The standard InChI is InChI=1S/C19H25NO4/c1-12-8-14-10-17(24-16(14)9-13(12)2)19(22)20-11-18(21)23-15-6-4-3-5-7-15/h8-9,15,17H,3-7,10-11H2,1-2H3,(H,20,22). The number of hydrogen-bond acceptors (Lipinski definition) is 4. The van der Waals surface area contributed by atoms with Crippen LogP contribution in [0.4, 0.5) is 0 Å². The molecule has 0 spiro atoms. The summed E-state index contributed by atoms with van der Waals surface area (Å²) in [6, 6.07) is 4.03. The number of aryl methyl sites for hydroxylation is 2. The van der Waals surface area contributed by atoms with E-state index in [-0.39, 0.29) is 24.5 Å². The van der Waals surface area contributed by atoms with Gasteiger partial charge in [0.1, 0.15) is 18.4 Å². The van der Waals surface area contributed by atoms with Crippen molar-refractivity contribution in [3.8, 4) is 5.75 Å². The summed E-state index contributed by atoms with van der Waals surface area (Å²) in [6.45, 7) is 3.97. The second kappa shape index (κ2) is 7.24. The highest BCUT2D eigenvalue weighted by molar-refractivity contribution is 5.86. The third-order valence-corrected chi connectivity index (χ3v) is 4.90. The number of carbonyl (C=O) groups is 2. The summed E-state index contributed by atoms with van der Waals surface area (Å²) in [5.74, 6) is 0.141. The molecule has 0 radical (unpaired) electrons. The van der Waals surface area contributed by atoms with E-state index in [4.69, 9.17) is 9.47 Å². The van der Waals surface area contributed by atoms with Crippen LogP contribution in [-0.4, -0.2) is 30.6 Å². The van der Waals surface area contributed by atoms with Gasteiger partial charge in [-0.15, -0.1) is 0 Å². The van der Waals surface area contributed by atoms with Crippen LogP contribution in [0.5, 0.6) is 5.75 Å². The molecule has 3 rings (SSSR count). The lowest BCUT2D eigenvalue weighted by atomic mass is 9.98. The number of fused-ring (bicyclic) bond motifs is 1. The van der Waals surface area contributed by atoms with Crippen molar-refractivity contribution in [2.75, 3.05) is 6.54 Å². The van der Waals surface area contributed by atoms with Crippen molar-refractivity contribution in [3.63, 3.8) is 0 Å². The molecule has 0 bridgehead atoms. The van der Waals surface area contributed by atoms with Crippen LogP contribution >= 0.6 is 0 Å². The van der Waals surface area contributed by atoms with E-state index in [9.17, 15) is 9.59 Å². The number of esters is 1. The average molecular weight is 331 g/mol. The lowest BCUT2D eigenvalue weighted by Crippen LogP contribution is -2.41. The van der Waals surface area contributed by atoms with Gasteiger partial charge in [0, 0.05) is 6.42 Å². The molecule has 1 fully saturated rings. The van der Waals surface area contributed by atoms with Gasteiger partial charge in [-0.05, 0) is 62.3 Å². The van der Waals surface area contributed by atoms with Gasteiger partial charge in [0.15, 0.2) is 6.10 Å². The smallest absolute Gasteiger partial charge is 0.325 e. The van der Waals surface area contributed by atoms with Gasteiger partial charge < -0.3 is 14.8 Å². The summed E-state index contributed by atoms with van der Waals surface area (Å²) >= 11 is 0. The first-order chi connectivity index (χ1) is 11.5. The molecule has 0 saturated heterocycles. The molecule has 1 aromatic rings. The Hall–Kier alpha value is -2.04. The minimum atomic E-state index is -0.566. The fourth-order valence-corrected chi connectivity index (χ4v) is 3.34. The molecule has 1 amide bonds. The predicted molar refractivity (Wildman–Crippen MR) is 90.0 cm³/mol. The largest absolute Gasteiger partial charge is 0.480 e. The number of ether oxygens (including phenoxy) is 2. The molecule has 1 atom stereocenters. The van der Waals surface area contributed by atoms with Crippen LogP contribution in [-0.2, 0) is 20.7 Å². The molecular formula is C19H25NO4. The van der Waals surface area contributed by atoms with Crippen LogP contribution in [0.1, 0.15) is 48.8 Å². The Morgan fingerprint density at radius 1 is 1.17 bits per heavy atom. The third-order valence-electron chi connectivity index (χ3n) is 4.90. The Balaban J connectivity index is 1.47. The van der Waals surface area contributed by atoms with E-state index in [0.717, 1.165) is 42.6 Å². The van der Waals surface area contributed by atoms with Crippen LogP contribution in [0, 0.1) is 13.8 Å². The summed E-state index contributed by atoms with van der Waals surface area (Å²) in [6.07, 6.45) is 5.28. The van der Waals surface area contributed by atoms with Gasteiger partial charge in [-0.3, -0.25) is 9.59 Å². The molecule has 24 heavy (non-hydrogen) atoms. The molecule has 0 aromatic heterocycles. The van der Waals surface area contributed by atoms with E-state index in [2.05, 4.69) is 11.4 Å². The van der Waals surface area contributed by atoms with E-state index in [1.807, 2.05) is 19.9 Å². The molecule has 5 nitrogen and oxygen atoms in total. The zero-order valence-corrected chi connectivity index (χ0v) is 14.4. The van der Waals surface area contributed by atoms with Crippen molar-refractivity contribution in [1.29, 1.82) is 0 Å². The maximum absolute atomic E-state index is 12.2. The van der Waals surface area contributed by atoms with Crippen molar-refractivity contribution in [2.24, 2.45) is 0 Å². The topological polar surface area (TPSA) is 64.6 Å². The predicted octanol–water partition coefficient (Wildman–Crippen LogP) is 2.60. The van der Waals surface area contributed by atoms with Gasteiger partial charge in [0.05, 0.1) is 0 Å². The SMILES string of the molecule is Cc1cc2c(cc1C)OC(C(=O)NCC(=O)OC1CCCCC1)C2. The van der Waals surface area contributed by atoms with Crippen molar-refractivity contribution in [3.05, 3.63) is 28.8 Å². The van der Waals surface area contributed by atoms with Crippen molar-refractivity contribution in [1.82, 2.24) is 5.32 Å². The molecule has 130 valence electrons. The Bertz CT molecular complexity index is 603. The Labute approximate surface area is 142 Å². The van der Waals surface area contributed by atoms with Gasteiger partial charge in [-0.2, -0.15) is 0 Å². The van der Waals surface area contributed by atoms with Crippen LogP contribution in [0.15, 0.2) is 12.1 Å². The number of hydrogen-bond donors (Lipinski definition) is 1. The molecule has 1 heterocycles. The normalized spacial score (nSPS) is 20.2. The summed E-state index contributed by atoms with van der Waals surface area (Å²) in [5, 5.41) is 2.64. The lowest BCUT2D eigenvalue weighted by Gasteiger charge is -2.22. The summed E-state index contributed by atoms with van der Waals surface area (Å²) in [7, 11) is 0. The molecule has 1 aliphatic heterocycles. The van der Waals surface area contributed by atoms with Crippen LogP contribution in [0.25, 0.3) is 0 Å². The molecule has 1 aliphatic carbocycles. The van der Waals surface area contributed by atoms with Gasteiger partial charge in [-0.1, -0.05) is 12.5 Å². The van der Waals surface area contributed by atoms with Gasteiger partial charge >= 0.3 is 5.97 Å². The third kappa shape index (κ3) is 3.89. The van der Waals surface area contributed by atoms with Crippen molar-refractivity contribution < 1.29 is 19.1 Å². The number of benzene rings is 1. The van der Waals surface area contributed by atoms with Crippen LogP contribution in [0.3, 0.4) is 0 Å². The number of carbonyl (C=O) groups excluding carboxylic acids is 2. The van der Waals surface area contributed by atoms with Crippen molar-refractivity contribution in [2.45, 2.75) is 64.6 Å². The van der Waals surface area contributed by atoms with Crippen LogP contribution in [0.2, 0.25) is 0 Å². The molecule has 2 aliphatic rings. The van der Waals surface area contributed by atoms with E-state index < -0.39 is 6.10 Å². The molecular weight excluding hydrogens is 306 g/mol. The molecule has 1 N–H and O–H groups in total. The van der Waals surface area contributed by atoms with E-state index in [0.29, 0.717) is 6.42 Å². The quantitative estimate of drug-likeness (QED) is 0.861. The molecule has 5 heteroatoms. The van der Waals surface area contributed by atoms with E-state index in [1.165, 1.54) is 12.0 Å². The monoisotopic (exact) mass is 331 g/mol. The average Bonchev–Trinajstić information content (AvgIpc) is 2.97.